The first-order valence-electron chi connectivity index (χ1n) is 3.62. The van der Waals surface area contributed by atoms with Crippen LogP contribution in [0.1, 0.15) is 20.3 Å². The van der Waals surface area contributed by atoms with Crippen LogP contribution < -0.4 is 0 Å². The molecule has 1 aliphatic heterocycles. The fourth-order valence-electron chi connectivity index (χ4n) is 0.894. The molecule has 11 heavy (non-hydrogen) atoms. The van der Waals surface area contributed by atoms with Gasteiger partial charge in [0.15, 0.2) is 5.78 Å². The zero-order valence-electron chi connectivity index (χ0n) is 6.79. The smallest absolute Gasteiger partial charge is 0.180 e. The van der Waals surface area contributed by atoms with Gasteiger partial charge in [0.05, 0.1) is 5.71 Å². The first kappa shape index (κ1) is 7.92. The molecule has 0 aliphatic carbocycles. The van der Waals surface area contributed by atoms with Gasteiger partial charge < -0.3 is 0 Å². The first-order valence-corrected chi connectivity index (χ1v) is 3.62. The van der Waals surface area contributed by atoms with Gasteiger partial charge in [-0.2, -0.15) is 0 Å². The number of carbonyl (C=O) groups is 1. The minimum absolute atomic E-state index is 0.105. The number of aliphatic imine (C=N–C) groups is 1. The van der Waals surface area contributed by atoms with Gasteiger partial charge in [-0.1, -0.05) is 12.2 Å². The second-order valence-electron chi connectivity index (χ2n) is 2.56. The van der Waals surface area contributed by atoms with Gasteiger partial charge in [0.1, 0.15) is 0 Å². The molecule has 2 heteroatoms. The second-order valence-corrected chi connectivity index (χ2v) is 2.56. The highest BCUT2D eigenvalue weighted by Gasteiger charge is 2.04. The van der Waals surface area contributed by atoms with Crippen molar-refractivity contribution in [2.45, 2.75) is 20.3 Å². The van der Waals surface area contributed by atoms with Gasteiger partial charge >= 0.3 is 0 Å². The van der Waals surface area contributed by atoms with E-state index in [4.69, 9.17) is 0 Å². The lowest BCUT2D eigenvalue weighted by Gasteiger charge is -1.99. The minimum Gasteiger partial charge on any atom is -0.292 e. The summed E-state index contributed by atoms with van der Waals surface area (Å²) in [6, 6.07) is 0. The molecule has 58 valence electrons. The number of allylic oxidation sites excluding steroid dienone is 4. The van der Waals surface area contributed by atoms with Crippen LogP contribution in [0.5, 0.6) is 0 Å². The molecule has 0 atom stereocenters. The van der Waals surface area contributed by atoms with Gasteiger partial charge in [-0.05, 0) is 19.9 Å². The molecule has 0 aromatic carbocycles. The third kappa shape index (κ3) is 2.15. The van der Waals surface area contributed by atoms with E-state index in [0.717, 1.165) is 5.70 Å². The van der Waals surface area contributed by atoms with Crippen molar-refractivity contribution in [1.29, 1.82) is 0 Å². The lowest BCUT2D eigenvalue weighted by atomic mass is 10.1. The Morgan fingerprint density at radius 2 is 2.18 bits per heavy atom. The molecule has 0 amide bonds. The molecule has 0 aromatic heterocycles. The predicted molar refractivity (Wildman–Crippen MR) is 45.6 cm³/mol. The summed E-state index contributed by atoms with van der Waals surface area (Å²) in [5.41, 5.74) is 1.48. The van der Waals surface area contributed by atoms with Crippen LogP contribution >= 0.6 is 0 Å². The van der Waals surface area contributed by atoms with Crippen molar-refractivity contribution in [3.8, 4) is 0 Å². The van der Waals surface area contributed by atoms with Crippen molar-refractivity contribution in [3.05, 3.63) is 23.9 Å². The van der Waals surface area contributed by atoms with E-state index in [-0.39, 0.29) is 5.78 Å². The Labute approximate surface area is 66.3 Å². The highest BCUT2D eigenvalue weighted by atomic mass is 16.1. The molecule has 0 aromatic rings. The lowest BCUT2D eigenvalue weighted by Crippen LogP contribution is -2.09. The molecule has 0 bridgehead atoms. The van der Waals surface area contributed by atoms with Crippen LogP contribution in [0.25, 0.3) is 0 Å². The Morgan fingerprint density at radius 3 is 2.91 bits per heavy atom. The Balaban J connectivity index is 2.96. The van der Waals surface area contributed by atoms with Crippen LogP contribution in [0.15, 0.2) is 28.9 Å². The van der Waals surface area contributed by atoms with E-state index in [1.54, 1.807) is 6.92 Å². The van der Waals surface area contributed by atoms with Gasteiger partial charge in [-0.15, -0.1) is 0 Å². The summed E-state index contributed by atoms with van der Waals surface area (Å²) in [6.07, 6.45) is 6.09. The maximum atomic E-state index is 11.1. The fraction of sp³-hybridized carbons (Fsp3) is 0.333. The summed E-state index contributed by atoms with van der Waals surface area (Å²) in [7, 11) is 0. The molecule has 1 heterocycles. The second kappa shape index (κ2) is 3.28. The average Bonchev–Trinajstić information content (AvgIpc) is 1.95. The molecule has 0 N–H and O–H groups in total. The van der Waals surface area contributed by atoms with Crippen LogP contribution in [0.3, 0.4) is 0 Å². The predicted octanol–water partition coefficient (Wildman–Crippen LogP) is 1.88. The molecule has 0 saturated heterocycles. The molecule has 2 nitrogen and oxygen atoms in total. The van der Waals surface area contributed by atoms with Crippen LogP contribution in [-0.2, 0) is 4.79 Å². The summed E-state index contributed by atoms with van der Waals surface area (Å²) in [5, 5.41) is 0. The summed E-state index contributed by atoms with van der Waals surface area (Å²) in [5.74, 6) is 0.105. The average molecular weight is 149 g/mol. The molecule has 0 unspecified atom stereocenters. The topological polar surface area (TPSA) is 29.4 Å². The quantitative estimate of drug-likeness (QED) is 0.517. The lowest BCUT2D eigenvalue weighted by molar-refractivity contribution is -0.112. The van der Waals surface area contributed by atoms with Crippen molar-refractivity contribution >= 4 is 11.5 Å². The number of hydrogen-bond donors (Lipinski definition) is 0. The van der Waals surface area contributed by atoms with Crippen molar-refractivity contribution in [3.63, 3.8) is 0 Å². The molecule has 1 aliphatic rings. The van der Waals surface area contributed by atoms with E-state index in [9.17, 15) is 4.79 Å². The van der Waals surface area contributed by atoms with E-state index in [2.05, 4.69) is 4.99 Å². The molecular weight excluding hydrogens is 138 g/mol. The van der Waals surface area contributed by atoms with E-state index in [0.29, 0.717) is 12.1 Å². The zero-order valence-corrected chi connectivity index (χ0v) is 6.79. The van der Waals surface area contributed by atoms with Gasteiger partial charge in [0, 0.05) is 12.1 Å². The maximum Gasteiger partial charge on any atom is 0.180 e. The van der Waals surface area contributed by atoms with Crippen LogP contribution in [0.2, 0.25) is 0 Å². The zero-order chi connectivity index (χ0) is 8.27. The number of carbonyl (C=O) groups excluding carboxylic acids is 1. The highest BCUT2D eigenvalue weighted by Crippen LogP contribution is 2.02. The third-order valence-corrected chi connectivity index (χ3v) is 1.52. The normalized spacial score (nSPS) is 18.5. The first-order chi connectivity index (χ1) is 5.20. The van der Waals surface area contributed by atoms with Crippen molar-refractivity contribution < 1.29 is 4.79 Å². The molecule has 0 fully saturated rings. The summed E-state index contributed by atoms with van der Waals surface area (Å²) in [4.78, 5) is 15.2. The molecule has 0 radical (unpaired) electrons. The number of hydrogen-bond acceptors (Lipinski definition) is 2. The number of nitrogens with zero attached hydrogens (tertiary/aromatic N) is 1. The van der Waals surface area contributed by atoms with Crippen LogP contribution in [0, 0.1) is 0 Å². The Kier molecular flexibility index (Phi) is 2.36. The number of rotatable bonds is 0. The van der Waals surface area contributed by atoms with E-state index in [1.807, 2.05) is 25.2 Å². The minimum atomic E-state index is 0.105. The van der Waals surface area contributed by atoms with Crippen molar-refractivity contribution in [2.75, 3.05) is 0 Å². The van der Waals surface area contributed by atoms with Crippen LogP contribution in [-0.4, -0.2) is 11.5 Å². The standard InChI is InChI=1S/C9H11NO/c1-7-5-3-4-6-9(11)8(2)10-7/h3-5H,6H2,1-2H3. The Bertz CT molecular complexity index is 259. The van der Waals surface area contributed by atoms with E-state index >= 15 is 0 Å². The summed E-state index contributed by atoms with van der Waals surface area (Å²) >= 11 is 0. The maximum absolute atomic E-state index is 11.1. The van der Waals surface area contributed by atoms with E-state index in [1.165, 1.54) is 0 Å². The van der Waals surface area contributed by atoms with Gasteiger partial charge in [-0.3, -0.25) is 9.79 Å². The fourth-order valence-corrected chi connectivity index (χ4v) is 0.894. The highest BCUT2D eigenvalue weighted by molar-refractivity contribution is 6.39. The van der Waals surface area contributed by atoms with Gasteiger partial charge in [0.2, 0.25) is 0 Å². The molecule has 1 rings (SSSR count). The van der Waals surface area contributed by atoms with Crippen LogP contribution in [0.4, 0.5) is 0 Å². The van der Waals surface area contributed by atoms with E-state index < -0.39 is 0 Å². The molecule has 0 spiro atoms. The third-order valence-electron chi connectivity index (χ3n) is 1.52. The van der Waals surface area contributed by atoms with Gasteiger partial charge in [0.25, 0.3) is 0 Å². The van der Waals surface area contributed by atoms with Gasteiger partial charge in [-0.25, -0.2) is 0 Å². The largest absolute Gasteiger partial charge is 0.292 e. The monoisotopic (exact) mass is 149 g/mol. The SMILES string of the molecule is CC1=CC=CCC(=O)C(C)=N1. The Morgan fingerprint density at radius 1 is 1.45 bits per heavy atom. The summed E-state index contributed by atoms with van der Waals surface area (Å²) in [6.45, 7) is 3.63. The van der Waals surface area contributed by atoms with Crippen molar-refractivity contribution in [2.24, 2.45) is 4.99 Å². The number of Topliss-reactive ketones (excluding diaryl/α,β-unsaturated/α-hetero) is 1. The Hall–Kier alpha value is -1.18. The van der Waals surface area contributed by atoms with Crippen molar-refractivity contribution in [1.82, 2.24) is 0 Å². The molecule has 0 saturated carbocycles. The summed E-state index contributed by atoms with van der Waals surface area (Å²) < 4.78 is 0. The molecular formula is C9H11NO. The number of ketones is 1.